The quantitative estimate of drug-likeness (QED) is 0.561. The fourth-order valence-corrected chi connectivity index (χ4v) is 2.77. The van der Waals surface area contributed by atoms with E-state index in [1.54, 1.807) is 22.2 Å². The van der Waals surface area contributed by atoms with Crippen molar-refractivity contribution in [2.24, 2.45) is 5.84 Å². The first-order valence-corrected chi connectivity index (χ1v) is 6.73. The number of rotatable bonds is 4. The molecule has 0 aliphatic heterocycles. The Morgan fingerprint density at radius 2 is 2.00 bits per heavy atom. The van der Waals surface area contributed by atoms with Crippen LogP contribution in [0.2, 0.25) is 0 Å². The van der Waals surface area contributed by atoms with Crippen LogP contribution in [-0.2, 0) is 0 Å². The van der Waals surface area contributed by atoms with Gasteiger partial charge in [-0.15, -0.1) is 16.4 Å². The zero-order chi connectivity index (χ0) is 13.1. The molecule has 5 nitrogen and oxygen atoms in total. The van der Waals surface area contributed by atoms with Gasteiger partial charge in [0.1, 0.15) is 0 Å². The molecule has 0 aliphatic carbocycles. The van der Waals surface area contributed by atoms with Crippen molar-refractivity contribution in [1.82, 2.24) is 20.4 Å². The summed E-state index contributed by atoms with van der Waals surface area (Å²) in [6.45, 7) is 0. The van der Waals surface area contributed by atoms with E-state index >= 15 is 0 Å². The Balaban J connectivity index is 2.04. The van der Waals surface area contributed by atoms with Crippen molar-refractivity contribution in [1.29, 1.82) is 0 Å². The summed E-state index contributed by atoms with van der Waals surface area (Å²) >= 11 is 1.65. The van der Waals surface area contributed by atoms with Gasteiger partial charge in [-0.25, -0.2) is 10.1 Å². The van der Waals surface area contributed by atoms with Crippen LogP contribution in [0.1, 0.15) is 16.6 Å². The lowest BCUT2D eigenvalue weighted by Crippen LogP contribution is -2.29. The van der Waals surface area contributed by atoms with Gasteiger partial charge < -0.3 is 0 Å². The van der Waals surface area contributed by atoms with Crippen molar-refractivity contribution < 1.29 is 0 Å². The third kappa shape index (κ3) is 2.28. The predicted octanol–water partition coefficient (Wildman–Crippen LogP) is 1.88. The third-order valence-electron chi connectivity index (χ3n) is 2.87. The van der Waals surface area contributed by atoms with E-state index in [0.717, 1.165) is 16.3 Å². The number of para-hydroxylation sites is 1. The molecule has 0 radical (unpaired) electrons. The highest BCUT2D eigenvalue weighted by atomic mass is 32.1. The molecule has 1 unspecified atom stereocenters. The Hall–Kier alpha value is -2.02. The van der Waals surface area contributed by atoms with E-state index < -0.39 is 0 Å². The van der Waals surface area contributed by atoms with Crippen molar-refractivity contribution in [2.75, 3.05) is 0 Å². The number of hydrogen-bond donors (Lipinski definition) is 2. The molecule has 0 aliphatic rings. The fraction of sp³-hybridized carbons (Fsp3) is 0.0769. The van der Waals surface area contributed by atoms with Gasteiger partial charge in [-0.1, -0.05) is 29.5 Å². The normalized spacial score (nSPS) is 12.5. The SMILES string of the molecule is NNC(c1cccs1)c1cnnn1-c1ccccc1. The van der Waals surface area contributed by atoms with Crippen LogP contribution in [0, 0.1) is 0 Å². The molecule has 2 aromatic heterocycles. The van der Waals surface area contributed by atoms with E-state index in [1.807, 2.05) is 47.8 Å². The van der Waals surface area contributed by atoms with Crippen molar-refractivity contribution in [3.63, 3.8) is 0 Å². The highest BCUT2D eigenvalue weighted by Gasteiger charge is 2.19. The first-order chi connectivity index (χ1) is 9.40. The van der Waals surface area contributed by atoms with Gasteiger partial charge in [-0.3, -0.25) is 5.84 Å². The highest BCUT2D eigenvalue weighted by Crippen LogP contribution is 2.26. The maximum absolute atomic E-state index is 5.69. The van der Waals surface area contributed by atoms with E-state index in [-0.39, 0.29) is 6.04 Å². The van der Waals surface area contributed by atoms with Crippen molar-refractivity contribution in [2.45, 2.75) is 6.04 Å². The number of hydrogen-bond acceptors (Lipinski definition) is 5. The number of benzene rings is 1. The summed E-state index contributed by atoms with van der Waals surface area (Å²) in [7, 11) is 0. The molecule has 96 valence electrons. The van der Waals surface area contributed by atoms with E-state index in [9.17, 15) is 0 Å². The van der Waals surface area contributed by atoms with Gasteiger partial charge in [0.25, 0.3) is 0 Å². The minimum absolute atomic E-state index is 0.116. The predicted molar refractivity (Wildman–Crippen MR) is 74.8 cm³/mol. The third-order valence-corrected chi connectivity index (χ3v) is 3.80. The molecule has 3 N–H and O–H groups in total. The maximum Gasteiger partial charge on any atom is 0.0990 e. The van der Waals surface area contributed by atoms with Crippen molar-refractivity contribution >= 4 is 11.3 Å². The largest absolute Gasteiger partial charge is 0.270 e. The van der Waals surface area contributed by atoms with Crippen molar-refractivity contribution in [3.05, 3.63) is 64.6 Å². The Morgan fingerprint density at radius 1 is 1.16 bits per heavy atom. The van der Waals surface area contributed by atoms with Crippen LogP contribution in [0.25, 0.3) is 5.69 Å². The molecule has 0 saturated carbocycles. The zero-order valence-electron chi connectivity index (χ0n) is 10.1. The van der Waals surface area contributed by atoms with Crippen LogP contribution in [-0.4, -0.2) is 15.0 Å². The topological polar surface area (TPSA) is 68.8 Å². The van der Waals surface area contributed by atoms with Gasteiger partial charge in [0, 0.05) is 4.88 Å². The number of nitrogens with one attached hydrogen (secondary N) is 1. The summed E-state index contributed by atoms with van der Waals surface area (Å²) in [6, 6.07) is 13.8. The monoisotopic (exact) mass is 271 g/mol. The van der Waals surface area contributed by atoms with Crippen LogP contribution in [0.3, 0.4) is 0 Å². The average Bonchev–Trinajstić information content (AvgIpc) is 3.12. The van der Waals surface area contributed by atoms with Crippen LogP contribution >= 0.6 is 11.3 Å². The molecular formula is C13H13N5S. The molecule has 3 aromatic rings. The number of hydrazine groups is 1. The Labute approximate surface area is 114 Å². The molecule has 19 heavy (non-hydrogen) atoms. The van der Waals surface area contributed by atoms with E-state index in [0.29, 0.717) is 0 Å². The average molecular weight is 271 g/mol. The lowest BCUT2D eigenvalue weighted by Gasteiger charge is -2.15. The van der Waals surface area contributed by atoms with Crippen LogP contribution in [0.4, 0.5) is 0 Å². The van der Waals surface area contributed by atoms with Gasteiger partial charge in [-0.05, 0) is 23.6 Å². The second-order valence-corrected chi connectivity index (χ2v) is 5.00. The second kappa shape index (κ2) is 5.31. The van der Waals surface area contributed by atoms with Crippen LogP contribution < -0.4 is 11.3 Å². The van der Waals surface area contributed by atoms with Gasteiger partial charge >= 0.3 is 0 Å². The minimum Gasteiger partial charge on any atom is -0.270 e. The van der Waals surface area contributed by atoms with E-state index in [1.165, 1.54) is 0 Å². The highest BCUT2D eigenvalue weighted by molar-refractivity contribution is 7.10. The maximum atomic E-state index is 5.69. The molecule has 0 saturated heterocycles. The fourth-order valence-electron chi connectivity index (χ4n) is 1.98. The smallest absolute Gasteiger partial charge is 0.0990 e. The summed E-state index contributed by atoms with van der Waals surface area (Å²) in [6.07, 6.45) is 1.73. The second-order valence-electron chi connectivity index (χ2n) is 4.02. The van der Waals surface area contributed by atoms with Crippen LogP contribution in [0.15, 0.2) is 54.0 Å². The van der Waals surface area contributed by atoms with Gasteiger partial charge in [-0.2, -0.15) is 0 Å². The Morgan fingerprint density at radius 3 is 2.68 bits per heavy atom. The summed E-state index contributed by atoms with van der Waals surface area (Å²) in [5.41, 5.74) is 4.70. The molecule has 1 atom stereocenters. The minimum atomic E-state index is -0.116. The summed E-state index contributed by atoms with van der Waals surface area (Å²) in [5, 5.41) is 10.2. The van der Waals surface area contributed by atoms with E-state index in [4.69, 9.17) is 5.84 Å². The molecular weight excluding hydrogens is 258 g/mol. The van der Waals surface area contributed by atoms with E-state index in [2.05, 4.69) is 15.7 Å². The molecule has 1 aromatic carbocycles. The van der Waals surface area contributed by atoms with Crippen molar-refractivity contribution in [3.8, 4) is 5.69 Å². The molecule has 0 amide bonds. The molecule has 3 rings (SSSR count). The summed E-state index contributed by atoms with van der Waals surface area (Å²) in [5.74, 6) is 5.69. The van der Waals surface area contributed by atoms with Gasteiger partial charge in [0.05, 0.1) is 23.6 Å². The number of thiophene rings is 1. The molecule has 2 heterocycles. The summed E-state index contributed by atoms with van der Waals surface area (Å²) < 4.78 is 1.80. The lowest BCUT2D eigenvalue weighted by atomic mass is 10.2. The van der Waals surface area contributed by atoms with Gasteiger partial charge in [0.2, 0.25) is 0 Å². The molecule has 0 fully saturated rings. The van der Waals surface area contributed by atoms with Gasteiger partial charge in [0.15, 0.2) is 0 Å². The van der Waals surface area contributed by atoms with Crippen LogP contribution in [0.5, 0.6) is 0 Å². The lowest BCUT2D eigenvalue weighted by molar-refractivity contribution is 0.603. The first-order valence-electron chi connectivity index (χ1n) is 5.85. The summed E-state index contributed by atoms with van der Waals surface area (Å²) in [4.78, 5) is 1.13. The Kier molecular flexibility index (Phi) is 3.37. The molecule has 0 spiro atoms. The number of nitrogens with zero attached hydrogens (tertiary/aromatic N) is 3. The Bertz CT molecular complexity index is 632. The first kappa shape index (κ1) is 12.0. The number of aromatic nitrogens is 3. The zero-order valence-corrected chi connectivity index (χ0v) is 10.9. The standard InChI is InChI=1S/C13H13N5S/c14-16-13(12-7-4-8-19-12)11-9-15-17-18(11)10-5-2-1-3-6-10/h1-9,13,16H,14H2. The number of nitrogens with two attached hydrogens (primary N) is 1. The molecule has 6 heteroatoms. The molecule has 0 bridgehead atoms.